The normalized spacial score (nSPS) is 25.5. The molecular weight excluding hydrogens is 286 g/mol. The van der Waals surface area contributed by atoms with Crippen LogP contribution in [0.25, 0.3) is 0 Å². The highest BCUT2D eigenvalue weighted by Crippen LogP contribution is 2.41. The van der Waals surface area contributed by atoms with Crippen LogP contribution in [0.1, 0.15) is 32.6 Å². The van der Waals surface area contributed by atoms with Crippen molar-refractivity contribution < 1.29 is 14.6 Å². The number of aliphatic carboxylic acids is 1. The molecule has 0 aromatic heterocycles. The number of nitrogens with one attached hydrogen (secondary N) is 1. The molecule has 1 aromatic carbocycles. The first-order valence-electron chi connectivity index (χ1n) is 7.39. The Hall–Kier alpha value is -1.20. The van der Waals surface area contributed by atoms with Gasteiger partial charge in [-0.25, -0.2) is 0 Å². The fourth-order valence-electron chi connectivity index (χ4n) is 2.99. The Morgan fingerprint density at radius 3 is 2.95 bits per heavy atom. The Kier molecular flexibility index (Phi) is 5.53. The minimum absolute atomic E-state index is 0.296. The zero-order valence-corrected chi connectivity index (χ0v) is 13.4. The van der Waals surface area contributed by atoms with E-state index in [2.05, 4.69) is 5.32 Å². The van der Waals surface area contributed by atoms with Gasteiger partial charge in [0.25, 0.3) is 0 Å². The molecule has 21 heavy (non-hydrogen) atoms. The van der Waals surface area contributed by atoms with Crippen molar-refractivity contribution in [1.29, 1.82) is 0 Å². The van der Waals surface area contributed by atoms with E-state index < -0.39 is 11.5 Å². The van der Waals surface area contributed by atoms with Gasteiger partial charge in [0.1, 0.15) is 11.3 Å². The molecule has 5 heteroatoms. The molecule has 0 aliphatic heterocycles. The predicted molar refractivity (Wildman–Crippen MR) is 85.2 cm³/mol. The predicted octanol–water partition coefficient (Wildman–Crippen LogP) is 3.16. The largest absolute Gasteiger partial charge is 0.496 e. The average molecular weight is 309 g/mol. The van der Waals surface area contributed by atoms with Gasteiger partial charge in [0.2, 0.25) is 0 Å². The third kappa shape index (κ3) is 3.71. The van der Waals surface area contributed by atoms with Crippen LogP contribution in [-0.4, -0.2) is 35.5 Å². The van der Waals surface area contributed by atoms with Crippen LogP contribution in [0.5, 0.6) is 5.75 Å². The number of rotatable bonds is 6. The van der Waals surface area contributed by atoms with Crippen molar-refractivity contribution in [3.8, 4) is 5.75 Å². The molecule has 1 aliphatic rings. The smallest absolute Gasteiger partial charge is 0.323 e. The Morgan fingerprint density at radius 1 is 1.52 bits per heavy atom. The van der Waals surface area contributed by atoms with E-state index in [9.17, 15) is 9.90 Å². The quantitative estimate of drug-likeness (QED) is 0.845. The second-order valence-electron chi connectivity index (χ2n) is 5.40. The number of carboxylic acid groups (broad SMARTS) is 1. The van der Waals surface area contributed by atoms with E-state index in [1.807, 2.05) is 31.2 Å². The lowest BCUT2D eigenvalue weighted by atomic mass is 9.81. The van der Waals surface area contributed by atoms with Crippen LogP contribution in [0.4, 0.5) is 0 Å². The highest BCUT2D eigenvalue weighted by atomic mass is 32.2. The Morgan fingerprint density at radius 2 is 2.29 bits per heavy atom. The third-order valence-corrected chi connectivity index (χ3v) is 5.32. The molecule has 2 rings (SSSR count). The number of benzene rings is 1. The maximum atomic E-state index is 11.7. The molecule has 0 saturated heterocycles. The number of ether oxygens (including phenoxy) is 1. The lowest BCUT2D eigenvalue weighted by Crippen LogP contribution is -2.55. The van der Waals surface area contributed by atoms with Crippen LogP contribution in [0, 0.1) is 0 Å². The second kappa shape index (κ2) is 7.18. The maximum Gasteiger partial charge on any atom is 0.323 e. The van der Waals surface area contributed by atoms with Crippen LogP contribution in [0.3, 0.4) is 0 Å². The lowest BCUT2D eigenvalue weighted by molar-refractivity contribution is -0.146. The fourth-order valence-corrected chi connectivity index (χ4v) is 4.43. The molecule has 0 bridgehead atoms. The molecule has 2 atom stereocenters. The van der Waals surface area contributed by atoms with Crippen LogP contribution in [-0.2, 0) is 4.79 Å². The number of carboxylic acids is 1. The summed E-state index contributed by atoms with van der Waals surface area (Å²) in [6.45, 7) is 2.64. The lowest BCUT2D eigenvalue weighted by Gasteiger charge is -2.38. The number of para-hydroxylation sites is 1. The minimum Gasteiger partial charge on any atom is -0.496 e. The van der Waals surface area contributed by atoms with Crippen molar-refractivity contribution in [3.63, 3.8) is 0 Å². The fraction of sp³-hybridized carbons (Fsp3) is 0.562. The summed E-state index contributed by atoms with van der Waals surface area (Å²) in [6, 6.07) is 7.92. The van der Waals surface area contributed by atoms with Gasteiger partial charge in [0.05, 0.1) is 7.11 Å². The van der Waals surface area contributed by atoms with Gasteiger partial charge in [0, 0.05) is 10.1 Å². The topological polar surface area (TPSA) is 58.6 Å². The monoisotopic (exact) mass is 309 g/mol. The number of hydrogen-bond donors (Lipinski definition) is 2. The number of thioether (sulfide) groups is 1. The second-order valence-corrected chi connectivity index (χ2v) is 6.75. The first-order valence-corrected chi connectivity index (χ1v) is 8.27. The first-order chi connectivity index (χ1) is 10.1. The zero-order chi connectivity index (χ0) is 15.3. The van der Waals surface area contributed by atoms with Crippen molar-refractivity contribution >= 4 is 17.7 Å². The molecule has 1 fully saturated rings. The van der Waals surface area contributed by atoms with E-state index >= 15 is 0 Å². The van der Waals surface area contributed by atoms with Gasteiger partial charge in [-0.2, -0.15) is 0 Å². The zero-order valence-electron chi connectivity index (χ0n) is 12.6. The molecule has 0 heterocycles. The summed E-state index contributed by atoms with van der Waals surface area (Å²) in [6.07, 6.45) is 3.34. The Bertz CT molecular complexity index is 490. The highest BCUT2D eigenvalue weighted by molar-refractivity contribution is 8.00. The van der Waals surface area contributed by atoms with Gasteiger partial charge in [-0.15, -0.1) is 11.8 Å². The standard InChI is InChI=1S/C16H23NO3S/c1-3-17-16(15(18)19)10-6-7-12(11-16)21-14-9-5-4-8-13(14)20-2/h4-5,8-9,12,17H,3,6-7,10-11H2,1-2H3,(H,18,19). The summed E-state index contributed by atoms with van der Waals surface area (Å²) in [5, 5.41) is 13.1. The number of likely N-dealkylation sites (N-methyl/N-ethyl adjacent to an activating group) is 1. The van der Waals surface area contributed by atoms with Crippen molar-refractivity contribution in [2.24, 2.45) is 0 Å². The summed E-state index contributed by atoms with van der Waals surface area (Å²) in [7, 11) is 1.67. The minimum atomic E-state index is -0.771. The van der Waals surface area contributed by atoms with E-state index in [1.54, 1.807) is 18.9 Å². The van der Waals surface area contributed by atoms with Crippen molar-refractivity contribution in [2.45, 2.75) is 48.3 Å². The van der Waals surface area contributed by atoms with Gasteiger partial charge < -0.3 is 15.2 Å². The molecule has 0 radical (unpaired) electrons. The van der Waals surface area contributed by atoms with E-state index in [-0.39, 0.29) is 0 Å². The summed E-state index contributed by atoms with van der Waals surface area (Å²) >= 11 is 1.73. The van der Waals surface area contributed by atoms with E-state index in [1.165, 1.54) is 0 Å². The van der Waals surface area contributed by atoms with Gasteiger partial charge >= 0.3 is 5.97 Å². The SMILES string of the molecule is CCNC1(C(=O)O)CCCC(Sc2ccccc2OC)C1. The van der Waals surface area contributed by atoms with Gasteiger partial charge in [-0.1, -0.05) is 19.1 Å². The number of carbonyl (C=O) groups is 1. The molecule has 2 unspecified atom stereocenters. The Labute approximate surface area is 130 Å². The summed E-state index contributed by atoms with van der Waals surface area (Å²) in [5.74, 6) is 0.132. The molecule has 0 spiro atoms. The van der Waals surface area contributed by atoms with E-state index in [4.69, 9.17) is 4.74 Å². The highest BCUT2D eigenvalue weighted by Gasteiger charge is 2.42. The molecule has 4 nitrogen and oxygen atoms in total. The van der Waals surface area contributed by atoms with Crippen molar-refractivity contribution in [2.75, 3.05) is 13.7 Å². The first kappa shape index (κ1) is 16.2. The molecule has 116 valence electrons. The van der Waals surface area contributed by atoms with Gasteiger partial charge in [0.15, 0.2) is 0 Å². The molecular formula is C16H23NO3S. The van der Waals surface area contributed by atoms with Crippen LogP contribution < -0.4 is 10.1 Å². The molecule has 1 aliphatic carbocycles. The summed E-state index contributed by atoms with van der Waals surface area (Å²) in [4.78, 5) is 12.8. The average Bonchev–Trinajstić information content (AvgIpc) is 2.48. The molecule has 2 N–H and O–H groups in total. The van der Waals surface area contributed by atoms with Crippen LogP contribution in [0.2, 0.25) is 0 Å². The van der Waals surface area contributed by atoms with Crippen molar-refractivity contribution in [3.05, 3.63) is 24.3 Å². The molecule has 1 aromatic rings. The van der Waals surface area contributed by atoms with Crippen molar-refractivity contribution in [1.82, 2.24) is 5.32 Å². The number of methoxy groups -OCH3 is 1. The van der Waals surface area contributed by atoms with E-state index in [0.717, 1.165) is 23.5 Å². The molecule has 1 saturated carbocycles. The van der Waals surface area contributed by atoms with Crippen LogP contribution >= 0.6 is 11.8 Å². The number of hydrogen-bond acceptors (Lipinski definition) is 4. The van der Waals surface area contributed by atoms with Gasteiger partial charge in [-0.3, -0.25) is 4.79 Å². The molecule has 0 amide bonds. The summed E-state index contributed by atoms with van der Waals surface area (Å²) in [5.41, 5.74) is -0.771. The summed E-state index contributed by atoms with van der Waals surface area (Å²) < 4.78 is 5.38. The van der Waals surface area contributed by atoms with Gasteiger partial charge in [-0.05, 0) is 44.4 Å². The van der Waals surface area contributed by atoms with Crippen LogP contribution in [0.15, 0.2) is 29.2 Å². The van der Waals surface area contributed by atoms with E-state index in [0.29, 0.717) is 24.6 Å². The Balaban J connectivity index is 2.12. The maximum absolute atomic E-state index is 11.7. The third-order valence-electron chi connectivity index (χ3n) is 3.99.